The molecule has 1 saturated carbocycles. The van der Waals surface area contributed by atoms with Crippen LogP contribution in [0.15, 0.2) is 23.1 Å². The van der Waals surface area contributed by atoms with Crippen LogP contribution in [0.2, 0.25) is 0 Å². The summed E-state index contributed by atoms with van der Waals surface area (Å²) in [6.07, 6.45) is 1.97. The summed E-state index contributed by atoms with van der Waals surface area (Å²) in [4.78, 5) is -0.0724. The summed E-state index contributed by atoms with van der Waals surface area (Å²) in [6.45, 7) is 5.52. The molecule has 0 unspecified atom stereocenters. The van der Waals surface area contributed by atoms with Gasteiger partial charge in [-0.3, -0.25) is 0 Å². The molecule has 0 aliphatic heterocycles. The molecule has 1 aliphatic rings. The minimum Gasteiger partial charge on any atom is -0.489 e. The average Bonchev–Trinajstić information content (AvgIpc) is 2.97. The summed E-state index contributed by atoms with van der Waals surface area (Å²) in [5.41, 5.74) is -0.516. The van der Waals surface area contributed by atoms with Crippen LogP contribution in [0.25, 0.3) is 0 Å². The Morgan fingerprint density at radius 3 is 2.26 bits per heavy atom. The highest BCUT2D eigenvalue weighted by molar-refractivity contribution is 7.89. The number of rotatable bonds is 4. The van der Waals surface area contributed by atoms with Gasteiger partial charge in [0.05, 0.1) is 6.10 Å². The van der Waals surface area contributed by atoms with E-state index in [1.807, 2.05) is 20.8 Å². The minimum absolute atomic E-state index is 0.0724. The van der Waals surface area contributed by atoms with Crippen LogP contribution in [-0.4, -0.2) is 20.1 Å². The van der Waals surface area contributed by atoms with Gasteiger partial charge in [0.15, 0.2) is 4.90 Å². The molecular weight excluding hydrogens is 266 g/mol. The monoisotopic (exact) mass is 285 g/mol. The van der Waals surface area contributed by atoms with Crippen molar-refractivity contribution in [3.05, 3.63) is 18.2 Å². The van der Waals surface area contributed by atoms with E-state index in [4.69, 9.17) is 14.6 Å². The van der Waals surface area contributed by atoms with E-state index >= 15 is 0 Å². The lowest BCUT2D eigenvalue weighted by molar-refractivity contribution is 0.125. The Bertz CT molecular complexity index is 571. The molecule has 6 heteroatoms. The van der Waals surface area contributed by atoms with Crippen molar-refractivity contribution in [3.63, 3.8) is 0 Å². The molecule has 2 N–H and O–H groups in total. The van der Waals surface area contributed by atoms with Gasteiger partial charge < -0.3 is 9.47 Å². The standard InChI is InChI=1S/C13H19NO4S/c1-13(2,3)18-11-6-4-5-10(17-9-7-8-9)12(11)19(14,15)16/h4-6,9H,7-8H2,1-3H3,(H2,14,15,16). The van der Waals surface area contributed by atoms with E-state index in [9.17, 15) is 8.42 Å². The van der Waals surface area contributed by atoms with Crippen LogP contribution in [0.1, 0.15) is 33.6 Å². The third kappa shape index (κ3) is 3.84. The fraction of sp³-hybridized carbons (Fsp3) is 0.538. The van der Waals surface area contributed by atoms with Gasteiger partial charge in [-0.1, -0.05) is 6.07 Å². The normalized spacial score (nSPS) is 16.2. The van der Waals surface area contributed by atoms with Gasteiger partial charge in [0.25, 0.3) is 0 Å². The summed E-state index contributed by atoms with van der Waals surface area (Å²) in [6, 6.07) is 4.89. The fourth-order valence-electron chi connectivity index (χ4n) is 1.64. The van der Waals surface area contributed by atoms with Gasteiger partial charge in [-0.25, -0.2) is 13.6 Å². The molecular formula is C13H19NO4S. The number of ether oxygens (including phenoxy) is 2. The van der Waals surface area contributed by atoms with Crippen LogP contribution in [0, 0.1) is 0 Å². The van der Waals surface area contributed by atoms with Gasteiger partial charge in [-0.05, 0) is 45.7 Å². The SMILES string of the molecule is CC(C)(C)Oc1cccc(OC2CC2)c1S(N)(=O)=O. The summed E-state index contributed by atoms with van der Waals surface area (Å²) in [5, 5.41) is 5.29. The molecule has 1 aromatic carbocycles. The minimum atomic E-state index is -3.90. The lowest BCUT2D eigenvalue weighted by atomic mass is 10.2. The number of sulfonamides is 1. The van der Waals surface area contributed by atoms with Crippen LogP contribution in [0.4, 0.5) is 0 Å². The summed E-state index contributed by atoms with van der Waals surface area (Å²) in [5.74, 6) is 0.500. The first-order chi connectivity index (χ1) is 8.67. The van der Waals surface area contributed by atoms with E-state index in [0.29, 0.717) is 0 Å². The van der Waals surface area contributed by atoms with Crippen molar-refractivity contribution in [2.24, 2.45) is 5.14 Å². The van der Waals surface area contributed by atoms with Crippen LogP contribution < -0.4 is 14.6 Å². The predicted octanol–water partition coefficient (Wildman–Crippen LogP) is 2.05. The molecule has 0 spiro atoms. The molecule has 19 heavy (non-hydrogen) atoms. The van der Waals surface area contributed by atoms with Gasteiger partial charge in [0, 0.05) is 0 Å². The van der Waals surface area contributed by atoms with Crippen molar-refractivity contribution in [1.82, 2.24) is 0 Å². The molecule has 5 nitrogen and oxygen atoms in total. The Morgan fingerprint density at radius 1 is 1.21 bits per heavy atom. The number of benzene rings is 1. The zero-order chi connectivity index (χ0) is 14.3. The van der Waals surface area contributed by atoms with E-state index in [-0.39, 0.29) is 22.5 Å². The highest BCUT2D eigenvalue weighted by atomic mass is 32.2. The van der Waals surface area contributed by atoms with Gasteiger partial charge in [0.2, 0.25) is 10.0 Å². The van der Waals surface area contributed by atoms with E-state index in [0.717, 1.165) is 12.8 Å². The first-order valence-corrected chi connectivity index (χ1v) is 7.73. The van der Waals surface area contributed by atoms with Crippen molar-refractivity contribution in [2.75, 3.05) is 0 Å². The molecule has 106 valence electrons. The van der Waals surface area contributed by atoms with Gasteiger partial charge in [-0.2, -0.15) is 0 Å². The number of nitrogens with two attached hydrogens (primary N) is 1. The van der Waals surface area contributed by atoms with Crippen LogP contribution in [0.5, 0.6) is 11.5 Å². The largest absolute Gasteiger partial charge is 0.489 e. The lowest BCUT2D eigenvalue weighted by Crippen LogP contribution is -2.25. The van der Waals surface area contributed by atoms with Crippen molar-refractivity contribution in [2.45, 2.75) is 50.2 Å². The maximum absolute atomic E-state index is 11.8. The van der Waals surface area contributed by atoms with Gasteiger partial charge >= 0.3 is 0 Å². The van der Waals surface area contributed by atoms with Crippen molar-refractivity contribution in [3.8, 4) is 11.5 Å². The molecule has 2 rings (SSSR count). The number of hydrogen-bond donors (Lipinski definition) is 1. The molecule has 1 aromatic rings. The molecule has 0 atom stereocenters. The third-order valence-electron chi connectivity index (χ3n) is 2.46. The second-order valence-corrected chi connectivity index (χ2v) is 7.16. The summed E-state index contributed by atoms with van der Waals surface area (Å²) >= 11 is 0. The van der Waals surface area contributed by atoms with Crippen LogP contribution in [0.3, 0.4) is 0 Å². The zero-order valence-corrected chi connectivity index (χ0v) is 12.2. The highest BCUT2D eigenvalue weighted by Gasteiger charge is 2.29. The number of hydrogen-bond acceptors (Lipinski definition) is 4. The first-order valence-electron chi connectivity index (χ1n) is 6.18. The van der Waals surface area contributed by atoms with E-state index in [1.165, 1.54) is 0 Å². The Hall–Kier alpha value is -1.27. The molecule has 0 heterocycles. The highest BCUT2D eigenvalue weighted by Crippen LogP contribution is 2.37. The predicted molar refractivity (Wildman–Crippen MR) is 71.8 cm³/mol. The third-order valence-corrected chi connectivity index (χ3v) is 3.43. The summed E-state index contributed by atoms with van der Waals surface area (Å²) < 4.78 is 34.8. The van der Waals surface area contributed by atoms with Crippen molar-refractivity contribution < 1.29 is 17.9 Å². The molecule has 0 saturated heterocycles. The molecule has 0 aromatic heterocycles. The molecule has 0 radical (unpaired) electrons. The average molecular weight is 285 g/mol. The Morgan fingerprint density at radius 2 is 1.79 bits per heavy atom. The topological polar surface area (TPSA) is 78.6 Å². The van der Waals surface area contributed by atoms with Crippen LogP contribution in [-0.2, 0) is 10.0 Å². The molecule has 1 aliphatic carbocycles. The lowest BCUT2D eigenvalue weighted by Gasteiger charge is -2.23. The second-order valence-electron chi connectivity index (χ2n) is 5.66. The van der Waals surface area contributed by atoms with Crippen LogP contribution >= 0.6 is 0 Å². The Balaban J connectivity index is 2.46. The van der Waals surface area contributed by atoms with Gasteiger partial charge in [0.1, 0.15) is 17.1 Å². The maximum Gasteiger partial charge on any atom is 0.245 e. The summed E-state index contributed by atoms with van der Waals surface area (Å²) in [7, 11) is -3.90. The quantitative estimate of drug-likeness (QED) is 0.918. The first kappa shape index (κ1) is 14.1. The maximum atomic E-state index is 11.8. The Kier molecular flexibility index (Phi) is 3.49. The molecule has 0 amide bonds. The zero-order valence-electron chi connectivity index (χ0n) is 11.3. The van der Waals surface area contributed by atoms with Crippen molar-refractivity contribution in [1.29, 1.82) is 0 Å². The molecule has 0 bridgehead atoms. The smallest absolute Gasteiger partial charge is 0.245 e. The molecule has 1 fully saturated rings. The van der Waals surface area contributed by atoms with Gasteiger partial charge in [-0.15, -0.1) is 0 Å². The fourth-order valence-corrected chi connectivity index (χ4v) is 2.43. The van der Waals surface area contributed by atoms with E-state index in [1.54, 1.807) is 18.2 Å². The van der Waals surface area contributed by atoms with E-state index < -0.39 is 15.6 Å². The second kappa shape index (κ2) is 4.68. The van der Waals surface area contributed by atoms with E-state index in [2.05, 4.69) is 0 Å². The Labute approximate surface area is 113 Å². The number of primary sulfonamides is 1. The van der Waals surface area contributed by atoms with Crippen molar-refractivity contribution >= 4 is 10.0 Å².